The van der Waals surface area contributed by atoms with Gasteiger partial charge in [-0.25, -0.2) is 0 Å². The molecule has 5 aromatic rings. The molecule has 0 unspecified atom stereocenters. The van der Waals surface area contributed by atoms with Gasteiger partial charge in [0.2, 0.25) is 17.7 Å². The Hall–Kier alpha value is -5.83. The lowest BCUT2D eigenvalue weighted by Gasteiger charge is -2.30. The van der Waals surface area contributed by atoms with Crippen molar-refractivity contribution >= 4 is 45.9 Å². The van der Waals surface area contributed by atoms with Gasteiger partial charge in [-0.1, -0.05) is 130 Å². The van der Waals surface area contributed by atoms with E-state index in [1.165, 1.54) is 38.5 Å². The molecule has 1 aromatic heterocycles. The van der Waals surface area contributed by atoms with E-state index in [-0.39, 0.29) is 54.0 Å². The molecule has 0 radical (unpaired) electrons. The van der Waals surface area contributed by atoms with Crippen molar-refractivity contribution in [3.63, 3.8) is 0 Å². The number of Topliss-reactive ketones (excluding diaryl/α,β-unsaturated/α-hetero) is 2. The zero-order valence-corrected chi connectivity index (χ0v) is 38.4. The molecular formula is C57H66N4O5. The molecule has 2 saturated heterocycles. The highest BCUT2D eigenvalue weighted by molar-refractivity contribution is 5.99. The quantitative estimate of drug-likeness (QED) is 0.102. The highest BCUT2D eigenvalue weighted by Crippen LogP contribution is 2.36. The summed E-state index contributed by atoms with van der Waals surface area (Å²) >= 11 is 0. The molecule has 2 aliphatic heterocycles. The van der Waals surface area contributed by atoms with Crippen LogP contribution in [-0.4, -0.2) is 69.2 Å². The fraction of sp³-hybridized carbons (Fsp3) is 0.456. The van der Waals surface area contributed by atoms with E-state index in [1.54, 1.807) is 4.90 Å². The number of H-pyrrole nitrogens is 1. The summed E-state index contributed by atoms with van der Waals surface area (Å²) in [5.74, 6) is -0.113. The minimum Gasteiger partial charge on any atom is -0.355 e. The van der Waals surface area contributed by atoms with Crippen LogP contribution in [0, 0.1) is 11.8 Å². The number of fused-ring (bicyclic) bond motifs is 1. The Morgan fingerprint density at radius 1 is 0.591 bits per heavy atom. The minimum atomic E-state index is -0.583. The van der Waals surface area contributed by atoms with Gasteiger partial charge < -0.3 is 20.1 Å². The molecule has 4 aliphatic rings. The zero-order valence-electron chi connectivity index (χ0n) is 38.4. The lowest BCUT2D eigenvalue weighted by atomic mass is 9.81. The molecule has 4 fully saturated rings. The van der Waals surface area contributed by atoms with Gasteiger partial charge in [0, 0.05) is 54.1 Å². The molecular weight excluding hydrogens is 821 g/mol. The molecule has 2 N–H and O–H groups in total. The van der Waals surface area contributed by atoms with Crippen LogP contribution in [0.2, 0.25) is 0 Å². The van der Waals surface area contributed by atoms with Crippen molar-refractivity contribution in [1.82, 2.24) is 14.8 Å². The van der Waals surface area contributed by atoms with Crippen molar-refractivity contribution in [3.05, 3.63) is 126 Å². The number of nitrogens with one attached hydrogen (secondary N) is 2. The maximum atomic E-state index is 14.3. The van der Waals surface area contributed by atoms with Crippen molar-refractivity contribution in [2.45, 2.75) is 139 Å². The largest absolute Gasteiger partial charge is 0.355 e. The molecule has 3 amide bonds. The first kappa shape index (κ1) is 45.3. The molecule has 4 atom stereocenters. The molecule has 4 aromatic carbocycles. The second kappa shape index (κ2) is 21.2. The third-order valence-corrected chi connectivity index (χ3v) is 15.3. The summed E-state index contributed by atoms with van der Waals surface area (Å²) in [4.78, 5) is 77.1. The van der Waals surface area contributed by atoms with Crippen LogP contribution in [0.5, 0.6) is 0 Å². The molecule has 9 heteroatoms. The summed E-state index contributed by atoms with van der Waals surface area (Å²) in [7, 11) is 0. The lowest BCUT2D eigenvalue weighted by molar-refractivity contribution is -0.140. The average Bonchev–Trinajstić information content (AvgIpc) is 4.16. The van der Waals surface area contributed by atoms with Crippen molar-refractivity contribution in [3.8, 4) is 11.3 Å². The monoisotopic (exact) mass is 887 g/mol. The van der Waals surface area contributed by atoms with E-state index < -0.39 is 18.0 Å². The van der Waals surface area contributed by atoms with Crippen LogP contribution in [0.15, 0.2) is 109 Å². The van der Waals surface area contributed by atoms with Crippen LogP contribution in [0.1, 0.15) is 138 Å². The first-order valence-electron chi connectivity index (χ1n) is 25.1. The third-order valence-electron chi connectivity index (χ3n) is 15.3. The molecule has 9 rings (SSSR count). The Balaban J connectivity index is 0.824. The number of aromatic nitrogens is 1. The Morgan fingerprint density at radius 2 is 1.20 bits per heavy atom. The Morgan fingerprint density at radius 3 is 1.88 bits per heavy atom. The molecule has 9 nitrogen and oxygen atoms in total. The summed E-state index contributed by atoms with van der Waals surface area (Å²) < 4.78 is 0. The van der Waals surface area contributed by atoms with E-state index in [1.807, 2.05) is 95.9 Å². The van der Waals surface area contributed by atoms with Gasteiger partial charge in [-0.05, 0) is 110 Å². The smallest absolute Gasteiger partial charge is 0.247 e. The number of ketones is 2. The van der Waals surface area contributed by atoms with Crippen molar-refractivity contribution in [1.29, 1.82) is 0 Å². The maximum absolute atomic E-state index is 14.3. The summed E-state index contributed by atoms with van der Waals surface area (Å²) in [5, 5.41) is 4.10. The van der Waals surface area contributed by atoms with Gasteiger partial charge in [-0.15, -0.1) is 0 Å². The Kier molecular flexibility index (Phi) is 14.6. The number of amides is 3. The molecule has 344 valence electrons. The fourth-order valence-corrected chi connectivity index (χ4v) is 11.6. The number of anilines is 1. The second-order valence-electron chi connectivity index (χ2n) is 19.7. The third kappa shape index (κ3) is 10.6. The SMILES string of the molecule is O=C(C[C@@H](C(=O)N1CCC[C@H]1C(=O)Cc1ccc2[nH]c(-c3ccc(NC(=O)[C@@H]4CCCN4C(=O)[C@H](CCC4CCCCC4)c4ccccc4)cc3)cc2c1)c1ccccc1)C1CCCCC1. The van der Waals surface area contributed by atoms with Crippen LogP contribution in [0.25, 0.3) is 22.2 Å². The van der Waals surface area contributed by atoms with Gasteiger partial charge in [0.15, 0.2) is 5.78 Å². The number of nitrogens with zero attached hydrogens (tertiary/aromatic N) is 2. The Bertz CT molecular complexity index is 2470. The van der Waals surface area contributed by atoms with Crippen LogP contribution >= 0.6 is 0 Å². The normalized spacial score (nSPS) is 20.3. The number of rotatable bonds is 16. The van der Waals surface area contributed by atoms with E-state index in [4.69, 9.17) is 0 Å². The predicted molar refractivity (Wildman–Crippen MR) is 261 cm³/mol. The zero-order chi connectivity index (χ0) is 45.4. The van der Waals surface area contributed by atoms with E-state index in [9.17, 15) is 24.0 Å². The van der Waals surface area contributed by atoms with Gasteiger partial charge in [0.25, 0.3) is 0 Å². The lowest BCUT2D eigenvalue weighted by Crippen LogP contribution is -2.45. The van der Waals surface area contributed by atoms with E-state index in [0.717, 1.165) is 90.2 Å². The number of likely N-dealkylation sites (tertiary alicyclic amines) is 2. The molecule has 0 bridgehead atoms. The molecule has 2 aliphatic carbocycles. The van der Waals surface area contributed by atoms with E-state index in [2.05, 4.69) is 28.5 Å². The van der Waals surface area contributed by atoms with Crippen LogP contribution in [0.4, 0.5) is 5.69 Å². The first-order chi connectivity index (χ1) is 32.3. The van der Waals surface area contributed by atoms with E-state index >= 15 is 0 Å². The Labute approximate surface area is 390 Å². The highest BCUT2D eigenvalue weighted by Gasteiger charge is 2.40. The maximum Gasteiger partial charge on any atom is 0.247 e. The number of benzene rings is 4. The van der Waals surface area contributed by atoms with Crippen LogP contribution in [-0.2, 0) is 30.4 Å². The average molecular weight is 887 g/mol. The summed E-state index contributed by atoms with van der Waals surface area (Å²) in [5.41, 5.74) is 6.28. The van der Waals surface area contributed by atoms with Crippen molar-refractivity contribution in [2.75, 3.05) is 18.4 Å². The number of carbonyl (C=O) groups excluding carboxylic acids is 5. The molecule has 66 heavy (non-hydrogen) atoms. The standard InChI is InChI=1S/C57H66N4O5/c62-53(44-21-11-4-12-22-44)38-48(42-19-9-3-10-20-42)57(66)60-33-13-23-51(60)54(63)36-40-26-32-49-45(35-40)37-50(59-49)43-27-29-46(30-28-43)58-55(64)52-24-14-34-61(52)56(65)47(41-17-7-2-8-18-41)31-25-39-15-5-1-6-16-39/h2-3,7-10,17-20,26-30,32,35,37,39,44,47-48,51-52,59H,1,4-6,11-16,21-25,31,33-34,36,38H2,(H,58,64)/t47-,48-,51+,52+/m1/s1. The predicted octanol–water partition coefficient (Wildman–Crippen LogP) is 11.3. The summed E-state index contributed by atoms with van der Waals surface area (Å²) in [6.45, 7) is 1.11. The molecule has 3 heterocycles. The van der Waals surface area contributed by atoms with Gasteiger partial charge in [0.1, 0.15) is 11.8 Å². The highest BCUT2D eigenvalue weighted by atomic mass is 16.2. The van der Waals surface area contributed by atoms with Crippen molar-refractivity contribution < 1.29 is 24.0 Å². The van der Waals surface area contributed by atoms with Crippen LogP contribution in [0.3, 0.4) is 0 Å². The van der Waals surface area contributed by atoms with Crippen molar-refractivity contribution in [2.24, 2.45) is 11.8 Å². The summed E-state index contributed by atoms with van der Waals surface area (Å²) in [6.07, 6.45) is 16.6. The number of hydrogen-bond donors (Lipinski definition) is 2. The van der Waals surface area contributed by atoms with Crippen LogP contribution < -0.4 is 5.32 Å². The summed E-state index contributed by atoms with van der Waals surface area (Å²) in [6, 6.07) is 34.6. The van der Waals surface area contributed by atoms with Gasteiger partial charge in [0.05, 0.1) is 17.9 Å². The minimum absolute atomic E-state index is 0.0229. The van der Waals surface area contributed by atoms with Gasteiger partial charge >= 0.3 is 0 Å². The number of carbonyl (C=O) groups is 5. The molecule has 0 spiro atoms. The topological polar surface area (TPSA) is 120 Å². The van der Waals surface area contributed by atoms with E-state index in [0.29, 0.717) is 37.5 Å². The second-order valence-corrected chi connectivity index (χ2v) is 19.7. The fourth-order valence-electron chi connectivity index (χ4n) is 11.6. The molecule has 2 saturated carbocycles. The number of aromatic amines is 1. The first-order valence-corrected chi connectivity index (χ1v) is 25.1. The van der Waals surface area contributed by atoms with Gasteiger partial charge in [-0.3, -0.25) is 24.0 Å². The van der Waals surface area contributed by atoms with Gasteiger partial charge in [-0.2, -0.15) is 0 Å². The number of hydrogen-bond acceptors (Lipinski definition) is 5.